The third kappa shape index (κ3) is 4.65. The number of rotatable bonds is 7. The molecule has 0 amide bonds. The normalized spacial score (nSPS) is 14.8. The molecule has 7 nitrogen and oxygen atoms in total. The first kappa shape index (κ1) is 19.8. The Balaban J connectivity index is 1.13. The van der Waals surface area contributed by atoms with Crippen LogP contribution in [0, 0.1) is 0 Å². The molecular formula is C23H25N7S. The zero-order valence-corrected chi connectivity index (χ0v) is 18.1. The molecule has 4 aromatic rings. The highest BCUT2D eigenvalue weighted by Crippen LogP contribution is 2.34. The molecule has 4 heterocycles. The van der Waals surface area contributed by atoms with E-state index in [9.17, 15) is 0 Å². The van der Waals surface area contributed by atoms with Gasteiger partial charge in [-0.3, -0.25) is 4.90 Å². The lowest BCUT2D eigenvalue weighted by Crippen LogP contribution is -2.47. The summed E-state index contributed by atoms with van der Waals surface area (Å²) in [4.78, 5) is 24.7. The number of fused-ring (bicyclic) bond motifs is 1. The van der Waals surface area contributed by atoms with Gasteiger partial charge in [-0.2, -0.15) is 0 Å². The van der Waals surface area contributed by atoms with Crippen LogP contribution in [0.1, 0.15) is 6.42 Å². The van der Waals surface area contributed by atoms with Gasteiger partial charge in [0.2, 0.25) is 5.95 Å². The maximum atomic E-state index is 4.49. The van der Waals surface area contributed by atoms with Crippen LogP contribution in [0.15, 0.2) is 61.2 Å². The maximum absolute atomic E-state index is 4.49. The van der Waals surface area contributed by atoms with Gasteiger partial charge in [0.25, 0.3) is 0 Å². The van der Waals surface area contributed by atoms with E-state index >= 15 is 0 Å². The van der Waals surface area contributed by atoms with Gasteiger partial charge in [-0.05, 0) is 30.7 Å². The number of nitrogens with zero attached hydrogens (tertiary/aromatic N) is 6. The summed E-state index contributed by atoms with van der Waals surface area (Å²) in [6.07, 6.45) is 6.34. The molecule has 5 rings (SSSR count). The molecule has 1 aliphatic heterocycles. The fraction of sp³-hybridized carbons (Fsp3) is 0.304. The van der Waals surface area contributed by atoms with Crippen molar-refractivity contribution in [2.75, 3.05) is 49.5 Å². The summed E-state index contributed by atoms with van der Waals surface area (Å²) in [5.41, 5.74) is 1.22. The van der Waals surface area contributed by atoms with Crippen LogP contribution in [-0.2, 0) is 0 Å². The molecule has 1 saturated heterocycles. The second-order valence-electron chi connectivity index (χ2n) is 7.58. The lowest BCUT2D eigenvalue weighted by molar-refractivity contribution is 0.256. The summed E-state index contributed by atoms with van der Waals surface area (Å²) in [7, 11) is 0. The minimum absolute atomic E-state index is 0.835. The molecule has 0 aliphatic carbocycles. The molecule has 0 unspecified atom stereocenters. The molecule has 3 aromatic heterocycles. The Bertz CT molecular complexity index is 1110. The number of hydrogen-bond acceptors (Lipinski definition) is 8. The van der Waals surface area contributed by atoms with E-state index in [-0.39, 0.29) is 0 Å². The van der Waals surface area contributed by atoms with Gasteiger partial charge in [-0.25, -0.2) is 19.9 Å². The van der Waals surface area contributed by atoms with Crippen LogP contribution < -0.4 is 10.2 Å². The Kier molecular flexibility index (Phi) is 5.99. The van der Waals surface area contributed by atoms with E-state index < -0.39 is 0 Å². The number of benzene rings is 1. The topological polar surface area (TPSA) is 70.1 Å². The number of piperazine rings is 1. The average molecular weight is 432 g/mol. The molecule has 1 N–H and O–H groups in total. The van der Waals surface area contributed by atoms with Gasteiger partial charge in [0.05, 0.1) is 5.39 Å². The van der Waals surface area contributed by atoms with Crippen molar-refractivity contribution in [3.05, 3.63) is 61.2 Å². The maximum Gasteiger partial charge on any atom is 0.225 e. The molecule has 1 aliphatic rings. The minimum Gasteiger partial charge on any atom is -0.369 e. The van der Waals surface area contributed by atoms with Crippen molar-refractivity contribution in [1.82, 2.24) is 24.8 Å². The number of hydrogen-bond donors (Lipinski definition) is 1. The molecule has 0 saturated carbocycles. The molecule has 0 radical (unpaired) electrons. The van der Waals surface area contributed by atoms with Crippen molar-refractivity contribution >= 4 is 33.3 Å². The first-order valence-corrected chi connectivity index (χ1v) is 11.5. The Morgan fingerprint density at radius 3 is 2.52 bits per heavy atom. The van der Waals surface area contributed by atoms with Crippen molar-refractivity contribution in [3.8, 4) is 10.4 Å². The Morgan fingerprint density at radius 1 is 0.903 bits per heavy atom. The molecule has 8 heteroatoms. The van der Waals surface area contributed by atoms with Crippen LogP contribution in [0.3, 0.4) is 0 Å². The number of aromatic nitrogens is 4. The van der Waals surface area contributed by atoms with E-state index in [1.165, 1.54) is 10.4 Å². The van der Waals surface area contributed by atoms with Crippen molar-refractivity contribution in [2.45, 2.75) is 6.42 Å². The molecule has 31 heavy (non-hydrogen) atoms. The third-order valence-electron chi connectivity index (χ3n) is 5.54. The zero-order valence-electron chi connectivity index (χ0n) is 17.3. The van der Waals surface area contributed by atoms with Gasteiger partial charge in [-0.15, -0.1) is 11.3 Å². The summed E-state index contributed by atoms with van der Waals surface area (Å²) in [6, 6.07) is 14.5. The average Bonchev–Trinajstić information content (AvgIpc) is 3.29. The van der Waals surface area contributed by atoms with Gasteiger partial charge in [0.15, 0.2) is 0 Å². The highest BCUT2D eigenvalue weighted by atomic mass is 32.1. The molecule has 0 spiro atoms. The first-order chi connectivity index (χ1) is 15.4. The standard InChI is InChI=1S/C23H25N7S/c1-2-6-18(7-3-1)20-16-19-21(27-17-28-22(19)31-20)24-10-5-11-29-12-14-30(15-13-29)23-25-8-4-9-26-23/h1-4,6-9,16-17H,5,10-15H2,(H,24,27,28). The molecule has 0 atom stereocenters. The summed E-state index contributed by atoms with van der Waals surface area (Å²) >= 11 is 1.71. The first-order valence-electron chi connectivity index (χ1n) is 10.6. The minimum atomic E-state index is 0.835. The molecule has 1 aromatic carbocycles. The smallest absolute Gasteiger partial charge is 0.225 e. The quantitative estimate of drug-likeness (QED) is 0.447. The molecule has 0 bridgehead atoms. The van der Waals surface area contributed by atoms with E-state index in [1.54, 1.807) is 30.1 Å². The zero-order chi connectivity index (χ0) is 20.9. The van der Waals surface area contributed by atoms with Crippen molar-refractivity contribution < 1.29 is 0 Å². The summed E-state index contributed by atoms with van der Waals surface area (Å²) in [5, 5.41) is 4.62. The van der Waals surface area contributed by atoms with Crippen molar-refractivity contribution in [1.29, 1.82) is 0 Å². The summed E-state index contributed by atoms with van der Waals surface area (Å²) in [6.45, 7) is 6.00. The lowest BCUT2D eigenvalue weighted by Gasteiger charge is -2.34. The Morgan fingerprint density at radius 2 is 1.71 bits per heavy atom. The summed E-state index contributed by atoms with van der Waals surface area (Å²) < 4.78 is 0. The van der Waals surface area contributed by atoms with Gasteiger partial charge >= 0.3 is 0 Å². The monoisotopic (exact) mass is 431 g/mol. The highest BCUT2D eigenvalue weighted by Gasteiger charge is 2.18. The van der Waals surface area contributed by atoms with E-state index in [4.69, 9.17) is 0 Å². The van der Waals surface area contributed by atoms with Gasteiger partial charge in [-0.1, -0.05) is 30.3 Å². The summed E-state index contributed by atoms with van der Waals surface area (Å²) in [5.74, 6) is 1.76. The number of anilines is 2. The number of nitrogens with one attached hydrogen (secondary N) is 1. The molecular weight excluding hydrogens is 406 g/mol. The second-order valence-corrected chi connectivity index (χ2v) is 8.61. The van der Waals surface area contributed by atoms with Crippen LogP contribution in [-0.4, -0.2) is 64.1 Å². The van der Waals surface area contributed by atoms with E-state index in [1.807, 2.05) is 12.1 Å². The highest BCUT2D eigenvalue weighted by molar-refractivity contribution is 7.21. The van der Waals surface area contributed by atoms with Crippen LogP contribution >= 0.6 is 11.3 Å². The van der Waals surface area contributed by atoms with Crippen LogP contribution in [0.2, 0.25) is 0 Å². The fourth-order valence-electron chi connectivity index (χ4n) is 3.88. The largest absolute Gasteiger partial charge is 0.369 e. The van der Waals surface area contributed by atoms with Crippen molar-refractivity contribution in [3.63, 3.8) is 0 Å². The fourth-order valence-corrected chi connectivity index (χ4v) is 4.88. The van der Waals surface area contributed by atoms with E-state index in [0.717, 1.165) is 67.7 Å². The molecule has 1 fully saturated rings. The Labute approximate surface area is 185 Å². The SMILES string of the molecule is c1ccc(-c2cc3c(NCCCN4CCN(c5ncccn5)CC4)ncnc3s2)cc1. The predicted molar refractivity (Wildman–Crippen MR) is 127 cm³/mol. The predicted octanol–water partition coefficient (Wildman–Crippen LogP) is 3.77. The lowest BCUT2D eigenvalue weighted by atomic mass is 10.2. The molecule has 158 valence electrons. The van der Waals surface area contributed by atoms with Gasteiger partial charge in [0.1, 0.15) is 17.0 Å². The van der Waals surface area contributed by atoms with Crippen LogP contribution in [0.5, 0.6) is 0 Å². The Hall–Kier alpha value is -3.10. The third-order valence-corrected chi connectivity index (χ3v) is 6.63. The van der Waals surface area contributed by atoms with Crippen molar-refractivity contribution in [2.24, 2.45) is 0 Å². The number of thiophene rings is 1. The van der Waals surface area contributed by atoms with Crippen LogP contribution in [0.25, 0.3) is 20.7 Å². The second kappa shape index (κ2) is 9.36. The van der Waals surface area contributed by atoms with Gasteiger partial charge in [0, 0.05) is 50.0 Å². The van der Waals surface area contributed by atoms with Crippen LogP contribution in [0.4, 0.5) is 11.8 Å². The van der Waals surface area contributed by atoms with E-state index in [2.05, 4.69) is 65.4 Å². The van der Waals surface area contributed by atoms with E-state index in [0.29, 0.717) is 0 Å². The van der Waals surface area contributed by atoms with Gasteiger partial charge < -0.3 is 10.2 Å².